The zero-order valence-electron chi connectivity index (χ0n) is 14.0. The Balaban J connectivity index is 1.71. The van der Waals surface area contributed by atoms with E-state index in [1.807, 2.05) is 27.7 Å². The molecule has 0 unspecified atom stereocenters. The molecule has 7 nitrogen and oxygen atoms in total. The van der Waals surface area contributed by atoms with Crippen LogP contribution in [0, 0.1) is 0 Å². The lowest BCUT2D eigenvalue weighted by Crippen LogP contribution is -2.43. The fraction of sp³-hybridized carbons (Fsp3) is 0.529. The van der Waals surface area contributed by atoms with Crippen LogP contribution >= 0.6 is 0 Å². The van der Waals surface area contributed by atoms with Crippen molar-refractivity contribution in [1.82, 2.24) is 29.4 Å². The quantitative estimate of drug-likeness (QED) is 0.720. The molecule has 1 atom stereocenters. The Morgan fingerprint density at radius 1 is 1.25 bits per heavy atom. The van der Waals surface area contributed by atoms with Crippen molar-refractivity contribution >= 4 is 11.6 Å². The van der Waals surface area contributed by atoms with Crippen molar-refractivity contribution in [2.24, 2.45) is 0 Å². The van der Waals surface area contributed by atoms with Crippen molar-refractivity contribution < 1.29 is 0 Å². The van der Waals surface area contributed by atoms with Gasteiger partial charge in [-0.05, 0) is 31.7 Å². The fourth-order valence-corrected chi connectivity index (χ4v) is 3.55. The third-order valence-corrected chi connectivity index (χ3v) is 4.67. The van der Waals surface area contributed by atoms with Crippen LogP contribution in [0.1, 0.15) is 38.3 Å². The minimum Gasteiger partial charge on any atom is -0.352 e. The molecule has 1 aliphatic heterocycles. The summed E-state index contributed by atoms with van der Waals surface area (Å²) in [6.07, 6.45) is 11.1. The highest BCUT2D eigenvalue weighted by molar-refractivity contribution is 5.48. The molecule has 0 aromatic carbocycles. The predicted octanol–water partition coefficient (Wildman–Crippen LogP) is 2.33. The number of anilines is 1. The first kappa shape index (κ1) is 15.1. The monoisotopic (exact) mass is 325 g/mol. The maximum Gasteiger partial charge on any atom is 0.254 e. The van der Waals surface area contributed by atoms with Crippen molar-refractivity contribution in [1.29, 1.82) is 0 Å². The molecule has 1 saturated heterocycles. The van der Waals surface area contributed by atoms with Gasteiger partial charge in [-0.1, -0.05) is 13.3 Å². The number of hydrogen-bond acceptors (Lipinski definition) is 5. The molecular weight excluding hydrogens is 302 g/mol. The molecule has 3 aromatic rings. The first-order valence-electron chi connectivity index (χ1n) is 8.79. The van der Waals surface area contributed by atoms with Gasteiger partial charge in [0.15, 0.2) is 0 Å². The Hall–Kier alpha value is -2.44. The van der Waals surface area contributed by atoms with Gasteiger partial charge in [0.05, 0.1) is 6.54 Å². The van der Waals surface area contributed by atoms with E-state index in [9.17, 15) is 0 Å². The number of fused-ring (bicyclic) bond motifs is 1. The van der Waals surface area contributed by atoms with Crippen molar-refractivity contribution in [2.45, 2.75) is 51.6 Å². The Morgan fingerprint density at radius 2 is 2.21 bits per heavy atom. The van der Waals surface area contributed by atoms with Crippen LogP contribution in [-0.2, 0) is 13.0 Å². The number of hydrogen-bond donors (Lipinski definition) is 0. The number of nitrogens with zero attached hydrogens (tertiary/aromatic N) is 7. The third-order valence-electron chi connectivity index (χ3n) is 4.67. The van der Waals surface area contributed by atoms with Crippen molar-refractivity contribution in [3.05, 3.63) is 36.5 Å². The molecule has 0 spiro atoms. The molecule has 0 saturated carbocycles. The van der Waals surface area contributed by atoms with Gasteiger partial charge in [-0.15, -0.1) is 0 Å². The predicted molar refractivity (Wildman–Crippen MR) is 92.0 cm³/mol. The second kappa shape index (κ2) is 6.59. The molecule has 0 N–H and O–H groups in total. The highest BCUT2D eigenvalue weighted by Crippen LogP contribution is 2.26. The molecule has 24 heavy (non-hydrogen) atoms. The van der Waals surface area contributed by atoms with Gasteiger partial charge in [0.1, 0.15) is 12.1 Å². The number of rotatable bonds is 5. The summed E-state index contributed by atoms with van der Waals surface area (Å²) in [6.45, 7) is 4.11. The summed E-state index contributed by atoms with van der Waals surface area (Å²) >= 11 is 0. The SMILES string of the molecule is CCCc1cc(N2CCCC[C@@H]2Cn2cccn2)n2ncnc2n1. The summed E-state index contributed by atoms with van der Waals surface area (Å²) < 4.78 is 3.90. The average Bonchev–Trinajstić information content (AvgIpc) is 3.26. The maximum absolute atomic E-state index is 4.63. The number of aromatic nitrogens is 6. The summed E-state index contributed by atoms with van der Waals surface area (Å²) in [4.78, 5) is 11.4. The largest absolute Gasteiger partial charge is 0.352 e. The summed E-state index contributed by atoms with van der Waals surface area (Å²) in [7, 11) is 0. The van der Waals surface area contributed by atoms with Crippen LogP contribution in [0.15, 0.2) is 30.9 Å². The molecule has 4 heterocycles. The smallest absolute Gasteiger partial charge is 0.254 e. The summed E-state index contributed by atoms with van der Waals surface area (Å²) in [5.41, 5.74) is 1.09. The first-order valence-corrected chi connectivity index (χ1v) is 8.79. The molecule has 0 bridgehead atoms. The van der Waals surface area contributed by atoms with Crippen LogP contribution in [0.2, 0.25) is 0 Å². The topological polar surface area (TPSA) is 64.1 Å². The van der Waals surface area contributed by atoms with Gasteiger partial charge in [0.2, 0.25) is 0 Å². The zero-order valence-corrected chi connectivity index (χ0v) is 14.0. The summed E-state index contributed by atoms with van der Waals surface area (Å²) in [6, 6.07) is 4.59. The molecular formula is C17H23N7. The van der Waals surface area contributed by atoms with E-state index in [0.29, 0.717) is 11.8 Å². The van der Waals surface area contributed by atoms with E-state index in [1.54, 1.807) is 6.33 Å². The lowest BCUT2D eigenvalue weighted by atomic mass is 10.0. The summed E-state index contributed by atoms with van der Waals surface area (Å²) in [5, 5.41) is 8.79. The maximum atomic E-state index is 4.63. The lowest BCUT2D eigenvalue weighted by Gasteiger charge is -2.37. The van der Waals surface area contributed by atoms with Crippen molar-refractivity contribution in [3.63, 3.8) is 0 Å². The molecule has 0 aliphatic carbocycles. The number of piperidine rings is 1. The summed E-state index contributed by atoms with van der Waals surface area (Å²) in [5.74, 6) is 1.80. The van der Waals surface area contributed by atoms with E-state index in [4.69, 9.17) is 0 Å². The van der Waals surface area contributed by atoms with Crippen LogP contribution in [-0.4, -0.2) is 41.9 Å². The van der Waals surface area contributed by atoms with Gasteiger partial charge >= 0.3 is 0 Å². The van der Waals surface area contributed by atoms with Crippen LogP contribution in [0.5, 0.6) is 0 Å². The highest BCUT2D eigenvalue weighted by Gasteiger charge is 2.26. The zero-order chi connectivity index (χ0) is 16.4. The Kier molecular flexibility index (Phi) is 4.15. The van der Waals surface area contributed by atoms with Gasteiger partial charge in [0.25, 0.3) is 5.78 Å². The highest BCUT2D eigenvalue weighted by atomic mass is 15.4. The van der Waals surface area contributed by atoms with Gasteiger partial charge in [-0.2, -0.15) is 19.7 Å². The Labute approximate surface area is 141 Å². The molecule has 3 aromatic heterocycles. The second-order valence-corrected chi connectivity index (χ2v) is 6.40. The minimum atomic E-state index is 0.419. The van der Waals surface area contributed by atoms with E-state index >= 15 is 0 Å². The van der Waals surface area contributed by atoms with Gasteiger partial charge in [0, 0.05) is 36.7 Å². The van der Waals surface area contributed by atoms with E-state index in [0.717, 1.165) is 37.4 Å². The van der Waals surface area contributed by atoms with Crippen molar-refractivity contribution in [3.8, 4) is 0 Å². The van der Waals surface area contributed by atoms with Crippen LogP contribution in [0.4, 0.5) is 5.82 Å². The third kappa shape index (κ3) is 2.86. The second-order valence-electron chi connectivity index (χ2n) is 6.40. The standard InChI is InChI=1S/C17H23N7/c1-2-6-14-11-16(24-17(21-14)18-13-20-24)23-10-4-3-7-15(23)12-22-9-5-8-19-22/h5,8-9,11,13,15H,2-4,6-7,10,12H2,1H3/t15-/m1/s1. The van der Waals surface area contributed by atoms with Gasteiger partial charge in [-0.3, -0.25) is 4.68 Å². The van der Waals surface area contributed by atoms with E-state index in [-0.39, 0.29) is 0 Å². The minimum absolute atomic E-state index is 0.419. The molecule has 4 rings (SSSR count). The molecule has 126 valence electrons. The fourth-order valence-electron chi connectivity index (χ4n) is 3.55. The molecule has 0 radical (unpaired) electrons. The van der Waals surface area contributed by atoms with E-state index in [2.05, 4.69) is 38.1 Å². The Bertz CT molecular complexity index is 792. The molecule has 7 heteroatoms. The van der Waals surface area contributed by atoms with E-state index in [1.165, 1.54) is 19.3 Å². The van der Waals surface area contributed by atoms with Crippen LogP contribution in [0.25, 0.3) is 5.78 Å². The average molecular weight is 325 g/mol. The van der Waals surface area contributed by atoms with E-state index < -0.39 is 0 Å². The van der Waals surface area contributed by atoms with Gasteiger partial charge in [-0.25, -0.2) is 4.98 Å². The lowest BCUT2D eigenvalue weighted by molar-refractivity contribution is 0.394. The van der Waals surface area contributed by atoms with Crippen LogP contribution in [0.3, 0.4) is 0 Å². The van der Waals surface area contributed by atoms with Crippen molar-refractivity contribution in [2.75, 3.05) is 11.4 Å². The molecule has 1 fully saturated rings. The normalized spacial score (nSPS) is 18.4. The molecule has 0 amide bonds. The number of aryl methyl sites for hydroxylation is 1. The van der Waals surface area contributed by atoms with Crippen LogP contribution < -0.4 is 4.90 Å². The van der Waals surface area contributed by atoms with Gasteiger partial charge < -0.3 is 4.90 Å². The molecule has 1 aliphatic rings. The Morgan fingerprint density at radius 3 is 3.04 bits per heavy atom. The first-order chi connectivity index (χ1) is 11.8.